The summed E-state index contributed by atoms with van der Waals surface area (Å²) in [4.78, 5) is 14.9. The second-order valence-corrected chi connectivity index (χ2v) is 7.06. The molecule has 2 heterocycles. The summed E-state index contributed by atoms with van der Waals surface area (Å²) in [5, 5.41) is 10.1. The molecule has 0 aliphatic carbocycles. The van der Waals surface area contributed by atoms with Crippen molar-refractivity contribution in [3.63, 3.8) is 0 Å². The molecule has 2 aromatic rings. The summed E-state index contributed by atoms with van der Waals surface area (Å²) in [7, 11) is -3.82. The molecule has 8 heteroatoms. The second kappa shape index (κ2) is 5.22. The van der Waals surface area contributed by atoms with Gasteiger partial charge in [-0.1, -0.05) is 0 Å². The van der Waals surface area contributed by atoms with Crippen LogP contribution < -0.4 is 4.72 Å². The average molecular weight is 312 g/mol. The molecule has 0 unspecified atom stereocenters. The summed E-state index contributed by atoms with van der Waals surface area (Å²) >= 11 is 0.853. The maximum Gasteiger partial charge on any atom is 0.336 e. The van der Waals surface area contributed by atoms with Crippen LogP contribution in [0.25, 0.3) is 0 Å². The van der Waals surface area contributed by atoms with Gasteiger partial charge >= 0.3 is 5.97 Å². The Morgan fingerprint density at radius 1 is 1.30 bits per heavy atom. The van der Waals surface area contributed by atoms with Crippen LogP contribution >= 0.6 is 11.3 Å². The van der Waals surface area contributed by atoms with E-state index >= 15 is 0 Å². The number of nitrogens with zero attached hydrogens (tertiary/aromatic N) is 1. The van der Waals surface area contributed by atoms with Gasteiger partial charge in [-0.15, -0.1) is 11.3 Å². The summed E-state index contributed by atoms with van der Waals surface area (Å²) in [5.41, 5.74) is 1.52. The number of hydrogen-bond donors (Lipinski definition) is 2. The number of rotatable bonds is 4. The molecule has 0 aliphatic heterocycles. The number of hydrogen-bond acceptors (Lipinski definition) is 5. The van der Waals surface area contributed by atoms with E-state index in [1.54, 1.807) is 13.0 Å². The summed E-state index contributed by atoms with van der Waals surface area (Å²) in [6, 6.07) is 4.56. The largest absolute Gasteiger partial charge is 0.478 e. The Morgan fingerprint density at radius 2 is 2.00 bits per heavy atom. The van der Waals surface area contributed by atoms with Crippen LogP contribution in [-0.2, 0) is 10.0 Å². The number of anilines is 1. The van der Waals surface area contributed by atoms with Crippen molar-refractivity contribution in [3.05, 3.63) is 40.4 Å². The molecule has 0 spiro atoms. The van der Waals surface area contributed by atoms with E-state index in [4.69, 9.17) is 5.11 Å². The van der Waals surface area contributed by atoms with Crippen molar-refractivity contribution < 1.29 is 18.3 Å². The summed E-state index contributed by atoms with van der Waals surface area (Å²) in [6.45, 7) is 3.60. The van der Waals surface area contributed by atoms with Crippen molar-refractivity contribution >= 4 is 33.1 Å². The lowest BCUT2D eigenvalue weighted by Crippen LogP contribution is -2.13. The fraction of sp³-hybridized carbons (Fsp3) is 0.167. The minimum Gasteiger partial charge on any atom is -0.478 e. The lowest BCUT2D eigenvalue weighted by Gasteiger charge is -2.07. The Bertz CT molecular complexity index is 745. The maximum absolute atomic E-state index is 12.1. The molecule has 6 nitrogen and oxygen atoms in total. The van der Waals surface area contributed by atoms with Crippen molar-refractivity contribution in [2.45, 2.75) is 18.1 Å². The summed E-state index contributed by atoms with van der Waals surface area (Å²) < 4.78 is 26.5. The molecule has 0 amide bonds. The van der Waals surface area contributed by atoms with Gasteiger partial charge in [-0.25, -0.2) is 18.2 Å². The standard InChI is InChI=1S/C12H12N2O4S2/c1-7-3-8(2)13-10(4-7)14-20(17,18)11-5-9(6-19-11)12(15)16/h3-6H,1-2H3,(H,13,14)(H,15,16). The minimum absolute atomic E-state index is 0.0521. The zero-order valence-corrected chi connectivity index (χ0v) is 12.4. The maximum atomic E-state index is 12.1. The number of pyridine rings is 1. The van der Waals surface area contributed by atoms with Crippen molar-refractivity contribution in [1.82, 2.24) is 4.98 Å². The number of nitrogens with one attached hydrogen (secondary N) is 1. The zero-order chi connectivity index (χ0) is 14.9. The second-order valence-electron chi connectivity index (χ2n) is 4.24. The van der Waals surface area contributed by atoms with E-state index in [1.807, 2.05) is 13.0 Å². The van der Waals surface area contributed by atoms with Crippen LogP contribution in [0.15, 0.2) is 27.8 Å². The van der Waals surface area contributed by atoms with E-state index in [0.29, 0.717) is 5.69 Å². The molecule has 0 bridgehead atoms. The van der Waals surface area contributed by atoms with E-state index in [-0.39, 0.29) is 15.6 Å². The number of thiophene rings is 1. The number of aromatic nitrogens is 1. The van der Waals surface area contributed by atoms with Gasteiger partial charge in [0.1, 0.15) is 10.0 Å². The van der Waals surface area contributed by atoms with E-state index in [2.05, 4.69) is 9.71 Å². The predicted molar refractivity (Wildman–Crippen MR) is 75.8 cm³/mol. The molecular formula is C12H12N2O4S2. The van der Waals surface area contributed by atoms with Gasteiger partial charge in [0.2, 0.25) is 0 Å². The molecule has 106 valence electrons. The van der Waals surface area contributed by atoms with Crippen LogP contribution in [0.2, 0.25) is 0 Å². The lowest BCUT2D eigenvalue weighted by atomic mass is 10.2. The quantitative estimate of drug-likeness (QED) is 0.902. The van der Waals surface area contributed by atoms with Crippen LogP contribution in [0.3, 0.4) is 0 Å². The lowest BCUT2D eigenvalue weighted by molar-refractivity contribution is 0.0697. The molecule has 0 radical (unpaired) electrons. The van der Waals surface area contributed by atoms with E-state index < -0.39 is 16.0 Å². The third-order valence-electron chi connectivity index (χ3n) is 2.42. The monoisotopic (exact) mass is 312 g/mol. The molecule has 2 aromatic heterocycles. The number of aryl methyl sites for hydroxylation is 2. The SMILES string of the molecule is Cc1cc(C)nc(NS(=O)(=O)c2cc(C(=O)O)cs2)c1. The van der Waals surface area contributed by atoms with Gasteiger partial charge in [0.25, 0.3) is 10.0 Å². The van der Waals surface area contributed by atoms with Crippen molar-refractivity contribution in [2.75, 3.05) is 4.72 Å². The highest BCUT2D eigenvalue weighted by Gasteiger charge is 2.19. The van der Waals surface area contributed by atoms with Gasteiger partial charge in [0.15, 0.2) is 0 Å². The fourth-order valence-corrected chi connectivity index (χ4v) is 3.80. The topological polar surface area (TPSA) is 96.4 Å². The smallest absolute Gasteiger partial charge is 0.336 e. The molecule has 0 saturated heterocycles. The van der Waals surface area contributed by atoms with Crippen molar-refractivity contribution in [1.29, 1.82) is 0 Å². The van der Waals surface area contributed by atoms with E-state index in [9.17, 15) is 13.2 Å². The third kappa shape index (κ3) is 3.14. The first-order chi connectivity index (χ1) is 9.28. The number of carbonyl (C=O) groups is 1. The zero-order valence-electron chi connectivity index (χ0n) is 10.7. The first kappa shape index (κ1) is 14.5. The van der Waals surface area contributed by atoms with Crippen LogP contribution in [0, 0.1) is 13.8 Å². The Hall–Kier alpha value is -1.93. The Kier molecular flexibility index (Phi) is 3.78. The highest BCUT2D eigenvalue weighted by molar-refractivity contribution is 7.94. The first-order valence-electron chi connectivity index (χ1n) is 5.58. The Labute approximate surface area is 120 Å². The predicted octanol–water partition coefficient (Wildman–Crippen LogP) is 2.26. The third-order valence-corrected chi connectivity index (χ3v) is 5.22. The molecule has 0 fully saturated rings. The average Bonchev–Trinajstić information content (AvgIpc) is 2.76. The van der Waals surface area contributed by atoms with E-state index in [1.165, 1.54) is 5.38 Å². The highest BCUT2D eigenvalue weighted by Crippen LogP contribution is 2.23. The molecule has 0 aromatic carbocycles. The van der Waals surface area contributed by atoms with Gasteiger partial charge < -0.3 is 5.11 Å². The van der Waals surface area contributed by atoms with Gasteiger partial charge in [0.05, 0.1) is 5.56 Å². The Morgan fingerprint density at radius 3 is 2.55 bits per heavy atom. The van der Waals surface area contributed by atoms with E-state index in [0.717, 1.165) is 23.0 Å². The number of carboxylic acid groups (broad SMARTS) is 1. The molecule has 2 rings (SSSR count). The highest BCUT2D eigenvalue weighted by atomic mass is 32.2. The molecule has 20 heavy (non-hydrogen) atoms. The van der Waals surface area contributed by atoms with Gasteiger partial charge in [-0.05, 0) is 37.6 Å². The van der Waals surface area contributed by atoms with Gasteiger partial charge in [-0.3, -0.25) is 4.72 Å². The fourth-order valence-electron chi connectivity index (χ4n) is 1.65. The number of sulfonamides is 1. The van der Waals surface area contributed by atoms with Crippen molar-refractivity contribution in [3.8, 4) is 0 Å². The minimum atomic E-state index is -3.82. The summed E-state index contributed by atoms with van der Waals surface area (Å²) in [5.74, 6) is -0.944. The van der Waals surface area contributed by atoms with Crippen LogP contribution in [-0.4, -0.2) is 24.5 Å². The number of aromatic carboxylic acids is 1. The van der Waals surface area contributed by atoms with Crippen molar-refractivity contribution in [2.24, 2.45) is 0 Å². The Balaban J connectivity index is 2.32. The van der Waals surface area contributed by atoms with Gasteiger partial charge in [-0.2, -0.15) is 0 Å². The molecule has 0 saturated carbocycles. The summed E-state index contributed by atoms with van der Waals surface area (Å²) in [6.07, 6.45) is 0. The van der Waals surface area contributed by atoms with Crippen LogP contribution in [0.5, 0.6) is 0 Å². The molecule has 2 N–H and O–H groups in total. The molecular weight excluding hydrogens is 300 g/mol. The number of carboxylic acids is 1. The van der Waals surface area contributed by atoms with Crippen LogP contribution in [0.1, 0.15) is 21.6 Å². The first-order valence-corrected chi connectivity index (χ1v) is 7.94. The normalized spacial score (nSPS) is 11.3. The molecule has 0 aliphatic rings. The van der Waals surface area contributed by atoms with Crippen LogP contribution in [0.4, 0.5) is 5.82 Å². The van der Waals surface area contributed by atoms with Gasteiger partial charge in [0, 0.05) is 11.1 Å². The molecule has 0 atom stereocenters.